The van der Waals surface area contributed by atoms with Crippen molar-refractivity contribution in [3.05, 3.63) is 42.0 Å². The van der Waals surface area contributed by atoms with Gasteiger partial charge >= 0.3 is 0 Å². The first-order valence-electron chi connectivity index (χ1n) is 8.52. The first-order chi connectivity index (χ1) is 13.2. The van der Waals surface area contributed by atoms with Crippen LogP contribution in [0.25, 0.3) is 0 Å². The van der Waals surface area contributed by atoms with Crippen LogP contribution in [0, 0.1) is 0 Å². The van der Waals surface area contributed by atoms with Gasteiger partial charge in [0, 0.05) is 11.8 Å². The quantitative estimate of drug-likeness (QED) is 0.828. The van der Waals surface area contributed by atoms with Crippen molar-refractivity contribution in [3.8, 4) is 23.0 Å². The topological polar surface area (TPSA) is 95.1 Å². The number of fused-ring (bicyclic) bond motifs is 2. The van der Waals surface area contributed by atoms with E-state index in [9.17, 15) is 9.59 Å². The largest absolute Gasteiger partial charge is 0.486 e. The van der Waals surface area contributed by atoms with E-state index in [1.807, 2.05) is 0 Å². The zero-order valence-corrected chi connectivity index (χ0v) is 14.4. The summed E-state index contributed by atoms with van der Waals surface area (Å²) in [5, 5.41) is 5.31. The highest BCUT2D eigenvalue weighted by Crippen LogP contribution is 2.34. The minimum absolute atomic E-state index is 0.127. The fourth-order valence-electron chi connectivity index (χ4n) is 2.80. The molecule has 2 aromatic rings. The van der Waals surface area contributed by atoms with Crippen molar-refractivity contribution >= 4 is 17.5 Å². The summed E-state index contributed by atoms with van der Waals surface area (Å²) in [4.78, 5) is 24.1. The highest BCUT2D eigenvalue weighted by atomic mass is 16.7. The molecule has 0 saturated carbocycles. The molecule has 2 aliphatic rings. The second-order valence-electron chi connectivity index (χ2n) is 6.05. The van der Waals surface area contributed by atoms with Crippen molar-refractivity contribution < 1.29 is 28.5 Å². The van der Waals surface area contributed by atoms with Crippen molar-refractivity contribution in [2.45, 2.75) is 6.42 Å². The smallest absolute Gasteiger partial charge is 0.243 e. The molecule has 27 heavy (non-hydrogen) atoms. The van der Waals surface area contributed by atoms with Crippen molar-refractivity contribution in [3.63, 3.8) is 0 Å². The van der Waals surface area contributed by atoms with Gasteiger partial charge in [0.1, 0.15) is 13.2 Å². The van der Waals surface area contributed by atoms with Crippen LogP contribution in [0.3, 0.4) is 0 Å². The molecule has 2 N–H and O–H groups in total. The summed E-state index contributed by atoms with van der Waals surface area (Å²) < 4.78 is 21.4. The Bertz CT molecular complexity index is 882. The highest BCUT2D eigenvalue weighted by molar-refractivity contribution is 5.95. The van der Waals surface area contributed by atoms with Gasteiger partial charge in [0.05, 0.1) is 13.0 Å². The third-order valence-corrected chi connectivity index (χ3v) is 4.07. The molecule has 2 heterocycles. The molecule has 0 spiro atoms. The van der Waals surface area contributed by atoms with Gasteiger partial charge in [-0.25, -0.2) is 0 Å². The number of hydrogen-bond acceptors (Lipinski definition) is 6. The van der Waals surface area contributed by atoms with E-state index >= 15 is 0 Å². The molecule has 2 amide bonds. The van der Waals surface area contributed by atoms with Gasteiger partial charge < -0.3 is 29.6 Å². The summed E-state index contributed by atoms with van der Waals surface area (Å²) in [6.45, 7) is 1.05. The van der Waals surface area contributed by atoms with Crippen LogP contribution in [0.4, 0.5) is 5.69 Å². The van der Waals surface area contributed by atoms with Gasteiger partial charge in [-0.1, -0.05) is 6.07 Å². The fourth-order valence-corrected chi connectivity index (χ4v) is 2.80. The summed E-state index contributed by atoms with van der Waals surface area (Å²) in [5.41, 5.74) is 1.36. The number of rotatable bonds is 5. The van der Waals surface area contributed by atoms with E-state index in [1.165, 1.54) is 0 Å². The van der Waals surface area contributed by atoms with Gasteiger partial charge in [-0.3, -0.25) is 9.59 Å². The third-order valence-electron chi connectivity index (χ3n) is 4.07. The number of hydrogen-bond donors (Lipinski definition) is 2. The van der Waals surface area contributed by atoms with E-state index in [1.54, 1.807) is 36.4 Å². The molecular formula is C19H18N2O6. The Labute approximate surface area is 155 Å². The number of amides is 2. The Balaban J connectivity index is 1.27. The maximum atomic E-state index is 12.1. The van der Waals surface area contributed by atoms with Crippen molar-refractivity contribution in [1.29, 1.82) is 0 Å². The highest BCUT2D eigenvalue weighted by Gasteiger charge is 2.15. The molecule has 0 bridgehead atoms. The Morgan fingerprint density at radius 1 is 0.815 bits per heavy atom. The number of benzene rings is 2. The molecule has 8 heteroatoms. The Hall–Kier alpha value is -3.42. The SMILES string of the molecule is O=C(Cc1ccc2c(c1)OCCO2)NCC(=O)Nc1ccc2c(c1)OCO2. The van der Waals surface area contributed by atoms with Gasteiger partial charge in [-0.05, 0) is 29.8 Å². The molecule has 0 fully saturated rings. The molecule has 2 aromatic carbocycles. The van der Waals surface area contributed by atoms with Crippen LogP contribution in [-0.4, -0.2) is 38.4 Å². The standard InChI is InChI=1S/C19H18N2O6/c22-18(8-12-1-3-14-16(7-12)25-6-5-24-14)20-10-19(23)21-13-2-4-15-17(9-13)27-11-26-15/h1-4,7,9H,5-6,8,10-11H2,(H,20,22)(H,21,23). The maximum Gasteiger partial charge on any atom is 0.243 e. The van der Waals surface area contributed by atoms with E-state index in [4.69, 9.17) is 18.9 Å². The molecule has 0 aromatic heterocycles. The van der Waals surface area contributed by atoms with E-state index < -0.39 is 0 Å². The van der Waals surface area contributed by atoms with Crippen molar-refractivity contribution in [2.75, 3.05) is 31.9 Å². The van der Waals surface area contributed by atoms with Crippen LogP contribution >= 0.6 is 0 Å². The number of anilines is 1. The second-order valence-corrected chi connectivity index (χ2v) is 6.05. The molecule has 140 valence electrons. The Kier molecular flexibility index (Phi) is 4.69. The Morgan fingerprint density at radius 2 is 1.52 bits per heavy atom. The average Bonchev–Trinajstić information content (AvgIpc) is 3.14. The van der Waals surface area contributed by atoms with E-state index in [-0.39, 0.29) is 31.6 Å². The lowest BCUT2D eigenvalue weighted by Crippen LogP contribution is -2.33. The third kappa shape index (κ3) is 4.05. The van der Waals surface area contributed by atoms with Crippen molar-refractivity contribution in [2.24, 2.45) is 0 Å². The number of nitrogens with one attached hydrogen (secondary N) is 2. The summed E-state index contributed by atoms with van der Waals surface area (Å²) in [6.07, 6.45) is 0.147. The van der Waals surface area contributed by atoms with Crippen LogP contribution < -0.4 is 29.6 Å². The normalized spacial score (nSPS) is 13.8. The first-order valence-corrected chi connectivity index (χ1v) is 8.52. The van der Waals surface area contributed by atoms with Gasteiger partial charge in [0.2, 0.25) is 18.6 Å². The summed E-state index contributed by atoms with van der Waals surface area (Å²) in [6, 6.07) is 10.5. The molecule has 0 aliphatic carbocycles. The molecular weight excluding hydrogens is 352 g/mol. The zero-order valence-electron chi connectivity index (χ0n) is 14.4. The van der Waals surface area contributed by atoms with Crippen LogP contribution in [0.2, 0.25) is 0 Å². The van der Waals surface area contributed by atoms with Crippen molar-refractivity contribution in [1.82, 2.24) is 5.32 Å². The number of carbonyl (C=O) groups is 2. The lowest BCUT2D eigenvalue weighted by molar-refractivity contribution is -0.123. The Morgan fingerprint density at radius 3 is 2.41 bits per heavy atom. The van der Waals surface area contributed by atoms with Crippen LogP contribution in [0.1, 0.15) is 5.56 Å². The molecule has 2 aliphatic heterocycles. The predicted octanol–water partition coefficient (Wildman–Crippen LogP) is 1.48. The lowest BCUT2D eigenvalue weighted by Gasteiger charge is -2.18. The summed E-state index contributed by atoms with van der Waals surface area (Å²) in [5.74, 6) is 1.94. The van der Waals surface area contributed by atoms with Gasteiger partial charge in [-0.15, -0.1) is 0 Å². The number of carbonyl (C=O) groups excluding carboxylic acids is 2. The molecule has 4 rings (SSSR count). The molecule has 0 radical (unpaired) electrons. The fraction of sp³-hybridized carbons (Fsp3) is 0.263. The minimum Gasteiger partial charge on any atom is -0.486 e. The number of ether oxygens (including phenoxy) is 4. The molecule has 0 atom stereocenters. The maximum absolute atomic E-state index is 12.1. The predicted molar refractivity (Wildman–Crippen MR) is 95.3 cm³/mol. The van der Waals surface area contributed by atoms with Crippen LogP contribution in [0.5, 0.6) is 23.0 Å². The van der Waals surface area contributed by atoms with Gasteiger partial charge in [0.25, 0.3) is 0 Å². The average molecular weight is 370 g/mol. The summed E-state index contributed by atoms with van der Waals surface area (Å²) in [7, 11) is 0. The zero-order chi connectivity index (χ0) is 18.6. The minimum atomic E-state index is -0.329. The van der Waals surface area contributed by atoms with Gasteiger partial charge in [0.15, 0.2) is 23.0 Å². The molecule has 0 unspecified atom stereocenters. The second kappa shape index (κ2) is 7.45. The van der Waals surface area contributed by atoms with Gasteiger partial charge in [-0.2, -0.15) is 0 Å². The molecule has 0 saturated heterocycles. The van der Waals surface area contributed by atoms with Crippen LogP contribution in [0.15, 0.2) is 36.4 Å². The summed E-state index contributed by atoms with van der Waals surface area (Å²) >= 11 is 0. The van der Waals surface area contributed by atoms with E-state index in [0.717, 1.165) is 5.56 Å². The van der Waals surface area contributed by atoms with E-state index in [0.29, 0.717) is 41.9 Å². The molecule has 8 nitrogen and oxygen atoms in total. The lowest BCUT2D eigenvalue weighted by atomic mass is 10.1. The first kappa shape index (κ1) is 17.0. The van der Waals surface area contributed by atoms with E-state index in [2.05, 4.69) is 10.6 Å². The van der Waals surface area contributed by atoms with Crippen LogP contribution in [-0.2, 0) is 16.0 Å². The monoisotopic (exact) mass is 370 g/mol.